The molecule has 2 unspecified atom stereocenters. The Morgan fingerprint density at radius 1 is 0.889 bits per heavy atom. The first kappa shape index (κ1) is 24.1. The van der Waals surface area contributed by atoms with E-state index in [9.17, 15) is 18.0 Å². The number of nitrogens with zero attached hydrogens (tertiary/aromatic N) is 5. The van der Waals surface area contributed by atoms with Crippen molar-refractivity contribution in [3.05, 3.63) is 83.8 Å². The van der Waals surface area contributed by atoms with Crippen LogP contribution in [0, 0.1) is 23.4 Å². The molecule has 4 atom stereocenters. The van der Waals surface area contributed by atoms with Crippen molar-refractivity contribution in [1.82, 2.24) is 15.1 Å². The second-order valence-electron chi connectivity index (χ2n) is 9.69. The van der Waals surface area contributed by atoms with Gasteiger partial charge in [-0.25, -0.2) is 13.2 Å². The van der Waals surface area contributed by atoms with Crippen LogP contribution in [0.3, 0.4) is 0 Å². The second kappa shape index (κ2) is 9.79. The molecule has 188 valence electrons. The van der Waals surface area contributed by atoms with E-state index >= 15 is 0 Å². The number of hydrogen-bond acceptors (Lipinski definition) is 5. The number of aromatic nitrogens is 2. The van der Waals surface area contributed by atoms with Gasteiger partial charge in [-0.1, -0.05) is 6.07 Å². The fourth-order valence-corrected chi connectivity index (χ4v) is 5.68. The molecular weight excluding hydrogens is 467 g/mol. The number of hydrogen-bond donors (Lipinski definition) is 0. The third-order valence-electron chi connectivity index (χ3n) is 7.24. The molecule has 0 spiro atoms. The van der Waals surface area contributed by atoms with Gasteiger partial charge in [0.25, 0.3) is 0 Å². The zero-order valence-corrected chi connectivity index (χ0v) is 20.2. The first-order valence-corrected chi connectivity index (χ1v) is 12.1. The van der Waals surface area contributed by atoms with Crippen molar-refractivity contribution in [3.63, 3.8) is 0 Å². The number of carbonyl (C=O) groups is 1. The number of halogens is 3. The molecule has 0 N–H and O–H groups in total. The van der Waals surface area contributed by atoms with Crippen molar-refractivity contribution in [3.8, 4) is 0 Å². The van der Waals surface area contributed by atoms with Gasteiger partial charge in [0.05, 0.1) is 5.92 Å². The lowest BCUT2D eigenvalue weighted by Crippen LogP contribution is -2.59. The molecule has 6 nitrogen and oxygen atoms in total. The van der Waals surface area contributed by atoms with Crippen LogP contribution in [0.5, 0.6) is 0 Å². The van der Waals surface area contributed by atoms with E-state index in [1.165, 1.54) is 24.3 Å². The van der Waals surface area contributed by atoms with Gasteiger partial charge in [0.15, 0.2) is 5.82 Å². The largest absolute Gasteiger partial charge is 0.363 e. The van der Waals surface area contributed by atoms with Crippen LogP contribution in [0.25, 0.3) is 0 Å². The smallest absolute Gasteiger partial charge is 0.228 e. The van der Waals surface area contributed by atoms with Crippen LogP contribution in [0.1, 0.15) is 25.3 Å². The summed E-state index contributed by atoms with van der Waals surface area (Å²) in [6.07, 6.45) is 1.57. The van der Waals surface area contributed by atoms with E-state index in [1.807, 2.05) is 29.7 Å². The summed E-state index contributed by atoms with van der Waals surface area (Å²) in [4.78, 5) is 19.9. The molecule has 1 aromatic heterocycles. The molecule has 2 aliphatic heterocycles. The summed E-state index contributed by atoms with van der Waals surface area (Å²) in [6, 6.07) is 13.5. The summed E-state index contributed by atoms with van der Waals surface area (Å²) in [7, 11) is 0. The Morgan fingerprint density at radius 3 is 2.22 bits per heavy atom. The molecular formula is C27H28F3N5O. The fourth-order valence-electron chi connectivity index (χ4n) is 5.68. The molecule has 2 fully saturated rings. The Labute approximate surface area is 208 Å². The summed E-state index contributed by atoms with van der Waals surface area (Å²) in [5, 5.41) is 8.11. The molecule has 9 heteroatoms. The quantitative estimate of drug-likeness (QED) is 0.542. The third kappa shape index (κ3) is 4.62. The monoisotopic (exact) mass is 495 g/mol. The average molecular weight is 496 g/mol. The Bertz CT molecular complexity index is 1210. The Hall–Kier alpha value is -3.62. The fraction of sp³-hybridized carbons (Fsp3) is 0.370. The molecule has 2 saturated heterocycles. The maximum atomic E-state index is 14.9. The molecule has 1 amide bonds. The first-order chi connectivity index (χ1) is 17.3. The first-order valence-electron chi connectivity index (χ1n) is 12.1. The highest BCUT2D eigenvalue weighted by Gasteiger charge is 2.44. The van der Waals surface area contributed by atoms with Gasteiger partial charge in [-0.3, -0.25) is 4.79 Å². The van der Waals surface area contributed by atoms with Crippen LogP contribution in [0.15, 0.2) is 60.8 Å². The molecule has 0 saturated carbocycles. The molecule has 0 radical (unpaired) electrons. The zero-order chi connectivity index (χ0) is 25.4. The SMILES string of the molecule is C[C@@H]1CN(C(=O)C2CN(c3cccnn3)CC2c2ccc(F)cc2F)C[C@H](C)N1c1ccc(F)cc1. The number of piperazine rings is 1. The van der Waals surface area contributed by atoms with E-state index < -0.39 is 23.5 Å². The average Bonchev–Trinajstić information content (AvgIpc) is 3.30. The second-order valence-corrected chi connectivity index (χ2v) is 9.69. The van der Waals surface area contributed by atoms with E-state index in [0.29, 0.717) is 37.6 Å². The maximum Gasteiger partial charge on any atom is 0.228 e. The van der Waals surface area contributed by atoms with Gasteiger partial charge in [0.1, 0.15) is 17.5 Å². The van der Waals surface area contributed by atoms with Crippen LogP contribution in [-0.4, -0.2) is 59.3 Å². The van der Waals surface area contributed by atoms with Crippen molar-refractivity contribution in [1.29, 1.82) is 0 Å². The van der Waals surface area contributed by atoms with Crippen LogP contribution in [0.4, 0.5) is 24.7 Å². The van der Waals surface area contributed by atoms with Gasteiger partial charge in [0.2, 0.25) is 5.91 Å². The molecule has 3 heterocycles. The van der Waals surface area contributed by atoms with E-state index in [1.54, 1.807) is 24.4 Å². The van der Waals surface area contributed by atoms with Gasteiger partial charge in [0, 0.05) is 62.1 Å². The van der Waals surface area contributed by atoms with Crippen molar-refractivity contribution in [2.24, 2.45) is 5.92 Å². The topological polar surface area (TPSA) is 52.6 Å². The van der Waals surface area contributed by atoms with Gasteiger partial charge in [-0.2, -0.15) is 5.10 Å². The summed E-state index contributed by atoms with van der Waals surface area (Å²) in [5.74, 6) is -2.02. The van der Waals surface area contributed by atoms with Gasteiger partial charge in [-0.15, -0.1) is 5.10 Å². The summed E-state index contributed by atoms with van der Waals surface area (Å²) < 4.78 is 41.9. The summed E-state index contributed by atoms with van der Waals surface area (Å²) in [6.45, 7) is 5.79. The maximum absolute atomic E-state index is 14.9. The normalized spacial score (nSPS) is 24.3. The van der Waals surface area contributed by atoms with E-state index in [0.717, 1.165) is 11.8 Å². The molecule has 0 aliphatic carbocycles. The third-order valence-corrected chi connectivity index (χ3v) is 7.24. The number of carbonyl (C=O) groups excluding carboxylic acids is 1. The van der Waals surface area contributed by atoms with Crippen LogP contribution >= 0.6 is 0 Å². The Morgan fingerprint density at radius 2 is 1.58 bits per heavy atom. The number of anilines is 2. The van der Waals surface area contributed by atoms with Crippen molar-refractivity contribution in [2.45, 2.75) is 31.8 Å². The molecule has 5 rings (SSSR count). The predicted octanol–water partition coefficient (Wildman–Crippen LogP) is 4.24. The number of benzene rings is 2. The molecule has 36 heavy (non-hydrogen) atoms. The lowest BCUT2D eigenvalue weighted by atomic mass is 9.87. The minimum atomic E-state index is -0.651. The van der Waals surface area contributed by atoms with E-state index in [2.05, 4.69) is 15.1 Å². The lowest BCUT2D eigenvalue weighted by Gasteiger charge is -2.46. The van der Waals surface area contributed by atoms with E-state index in [4.69, 9.17) is 0 Å². The Balaban J connectivity index is 1.40. The molecule has 0 bridgehead atoms. The van der Waals surface area contributed by atoms with Gasteiger partial charge < -0.3 is 14.7 Å². The molecule has 3 aromatic rings. The summed E-state index contributed by atoms with van der Waals surface area (Å²) in [5.41, 5.74) is 1.23. The van der Waals surface area contributed by atoms with Crippen LogP contribution in [0.2, 0.25) is 0 Å². The van der Waals surface area contributed by atoms with Crippen LogP contribution < -0.4 is 9.80 Å². The van der Waals surface area contributed by atoms with Crippen LogP contribution in [-0.2, 0) is 4.79 Å². The zero-order valence-electron chi connectivity index (χ0n) is 20.2. The summed E-state index contributed by atoms with van der Waals surface area (Å²) >= 11 is 0. The van der Waals surface area contributed by atoms with E-state index in [-0.39, 0.29) is 23.8 Å². The molecule has 2 aliphatic rings. The number of rotatable bonds is 4. The van der Waals surface area contributed by atoms with Gasteiger partial charge >= 0.3 is 0 Å². The van der Waals surface area contributed by atoms with Crippen molar-refractivity contribution >= 4 is 17.4 Å². The molecule has 2 aromatic carbocycles. The standard InChI is InChI=1S/C27H28F3N5O/c1-17-13-34(14-18(2)35(17)21-8-5-19(28)6-9-21)27(36)24-16-33(26-4-3-11-31-32-26)15-23(24)22-10-7-20(29)12-25(22)30/h3-12,17-18,23-24H,13-16H2,1-2H3/t17-,18+,23?,24?. The van der Waals surface area contributed by atoms with Crippen molar-refractivity contribution in [2.75, 3.05) is 36.0 Å². The Kier molecular flexibility index (Phi) is 6.55. The highest BCUT2D eigenvalue weighted by molar-refractivity contribution is 5.82. The number of amides is 1. The highest BCUT2D eigenvalue weighted by Crippen LogP contribution is 2.38. The highest BCUT2D eigenvalue weighted by atomic mass is 19.1. The van der Waals surface area contributed by atoms with Gasteiger partial charge in [-0.05, 0) is 61.9 Å². The lowest BCUT2D eigenvalue weighted by molar-refractivity contribution is -0.136. The predicted molar refractivity (Wildman–Crippen MR) is 131 cm³/mol. The minimum Gasteiger partial charge on any atom is -0.363 e. The minimum absolute atomic E-state index is 0.00154. The van der Waals surface area contributed by atoms with Crippen molar-refractivity contribution < 1.29 is 18.0 Å².